The molecule has 0 amide bonds. The fraction of sp³-hybridized carbons (Fsp3) is 0.538. The smallest absolute Gasteiger partial charge is 0.246 e. The van der Waals surface area contributed by atoms with Crippen molar-refractivity contribution in [3.05, 3.63) is 21.4 Å². The van der Waals surface area contributed by atoms with Crippen molar-refractivity contribution < 1.29 is 12.8 Å². The minimum Gasteiger partial charge on any atom is -0.395 e. The Kier molecular flexibility index (Phi) is 4.87. The van der Waals surface area contributed by atoms with E-state index in [4.69, 9.17) is 17.3 Å². The lowest BCUT2D eigenvalue weighted by Crippen LogP contribution is -2.40. The standard InChI is InChI=1S/C13H17BrClFN2O2S/c1-3-8-5-4-7(2)18(8)21(19,20)10-6-9(15)11(14)13(17)12(10)16/h6-8H,3-5,17H2,1-2H3. The first-order valence-electron chi connectivity index (χ1n) is 6.68. The Morgan fingerprint density at radius 3 is 2.71 bits per heavy atom. The fourth-order valence-corrected chi connectivity index (χ4v) is 5.39. The summed E-state index contributed by atoms with van der Waals surface area (Å²) in [4.78, 5) is -0.458. The Labute approximate surface area is 137 Å². The molecule has 1 aromatic carbocycles. The molecule has 2 N–H and O–H groups in total. The summed E-state index contributed by atoms with van der Waals surface area (Å²) in [5, 5.41) is 0.0763. The lowest BCUT2D eigenvalue weighted by Gasteiger charge is -2.27. The van der Waals surface area contributed by atoms with E-state index in [-0.39, 0.29) is 27.3 Å². The van der Waals surface area contributed by atoms with Crippen LogP contribution < -0.4 is 5.73 Å². The van der Waals surface area contributed by atoms with E-state index >= 15 is 0 Å². The number of nitrogen functional groups attached to an aromatic ring is 1. The van der Waals surface area contributed by atoms with Gasteiger partial charge in [0.25, 0.3) is 0 Å². The third kappa shape index (κ3) is 2.81. The molecule has 0 aromatic heterocycles. The Morgan fingerprint density at radius 1 is 1.52 bits per heavy atom. The van der Waals surface area contributed by atoms with Crippen LogP contribution in [0.3, 0.4) is 0 Å². The Bertz CT molecular complexity index is 669. The molecule has 0 bridgehead atoms. The van der Waals surface area contributed by atoms with Crippen LogP contribution in [0.2, 0.25) is 5.02 Å². The summed E-state index contributed by atoms with van der Waals surface area (Å²) in [6, 6.07) is 0.834. The van der Waals surface area contributed by atoms with Crippen molar-refractivity contribution >= 4 is 43.2 Å². The monoisotopic (exact) mass is 398 g/mol. The van der Waals surface area contributed by atoms with Gasteiger partial charge in [0, 0.05) is 12.1 Å². The average Bonchev–Trinajstić information content (AvgIpc) is 2.82. The number of hydrogen-bond acceptors (Lipinski definition) is 3. The SMILES string of the molecule is CCC1CCC(C)N1S(=O)(=O)c1cc(Cl)c(Br)c(N)c1F. The van der Waals surface area contributed by atoms with Gasteiger partial charge in [-0.05, 0) is 48.2 Å². The van der Waals surface area contributed by atoms with Crippen molar-refractivity contribution in [1.82, 2.24) is 4.31 Å². The molecule has 2 atom stereocenters. The molecule has 1 aromatic rings. The third-order valence-electron chi connectivity index (χ3n) is 3.90. The molecule has 2 rings (SSSR count). The maximum atomic E-state index is 14.3. The van der Waals surface area contributed by atoms with Gasteiger partial charge in [0.15, 0.2) is 5.82 Å². The minimum atomic E-state index is -3.97. The summed E-state index contributed by atoms with van der Waals surface area (Å²) < 4.78 is 41.5. The zero-order chi connectivity index (χ0) is 15.9. The van der Waals surface area contributed by atoms with Crippen LogP contribution in [0.4, 0.5) is 10.1 Å². The van der Waals surface area contributed by atoms with Gasteiger partial charge in [-0.25, -0.2) is 12.8 Å². The summed E-state index contributed by atoms with van der Waals surface area (Å²) in [6.45, 7) is 3.75. The number of hydrogen-bond donors (Lipinski definition) is 1. The molecule has 0 radical (unpaired) electrons. The van der Waals surface area contributed by atoms with E-state index in [9.17, 15) is 12.8 Å². The van der Waals surface area contributed by atoms with Crippen LogP contribution in [0.15, 0.2) is 15.4 Å². The lowest BCUT2D eigenvalue weighted by atomic mass is 10.2. The van der Waals surface area contributed by atoms with Gasteiger partial charge in [-0.3, -0.25) is 0 Å². The number of nitrogens with two attached hydrogens (primary N) is 1. The van der Waals surface area contributed by atoms with E-state index < -0.39 is 20.7 Å². The minimum absolute atomic E-state index is 0.0763. The quantitative estimate of drug-likeness (QED) is 0.621. The van der Waals surface area contributed by atoms with Crippen LogP contribution >= 0.6 is 27.5 Å². The van der Waals surface area contributed by atoms with Crippen LogP contribution in [0.5, 0.6) is 0 Å². The first-order valence-corrected chi connectivity index (χ1v) is 9.29. The molecular formula is C13H17BrClFN2O2S. The molecule has 1 saturated heterocycles. The van der Waals surface area contributed by atoms with Gasteiger partial charge in [-0.1, -0.05) is 18.5 Å². The molecule has 8 heteroatoms. The molecule has 0 saturated carbocycles. The predicted octanol–water partition coefficient (Wildman–Crippen LogP) is 3.78. The second-order valence-corrected chi connectivity index (χ2v) is 8.23. The van der Waals surface area contributed by atoms with Crippen LogP contribution in [-0.4, -0.2) is 24.8 Å². The summed E-state index contributed by atoms with van der Waals surface area (Å²) >= 11 is 8.98. The largest absolute Gasteiger partial charge is 0.395 e. The number of anilines is 1. The second kappa shape index (κ2) is 6.02. The summed E-state index contributed by atoms with van der Waals surface area (Å²) in [5.41, 5.74) is 5.30. The molecule has 0 aliphatic carbocycles. The third-order valence-corrected chi connectivity index (χ3v) is 7.34. The first-order chi connectivity index (χ1) is 9.71. The molecule has 118 valence electrons. The van der Waals surface area contributed by atoms with Crippen molar-refractivity contribution in [3.63, 3.8) is 0 Å². The number of benzene rings is 1. The Hall–Kier alpha value is -0.370. The normalized spacial score (nSPS) is 23.7. The number of halogens is 3. The molecule has 1 aliphatic rings. The van der Waals surface area contributed by atoms with Crippen molar-refractivity contribution in [3.8, 4) is 0 Å². The van der Waals surface area contributed by atoms with Crippen LogP contribution in [0.1, 0.15) is 33.1 Å². The summed E-state index contributed by atoms with van der Waals surface area (Å²) in [5.74, 6) is -0.958. The van der Waals surface area contributed by atoms with Gasteiger partial charge in [0.2, 0.25) is 10.0 Å². The van der Waals surface area contributed by atoms with Crippen LogP contribution in [-0.2, 0) is 10.0 Å². The molecule has 2 unspecified atom stereocenters. The van der Waals surface area contributed by atoms with E-state index in [1.165, 1.54) is 4.31 Å². The van der Waals surface area contributed by atoms with E-state index in [0.29, 0.717) is 6.42 Å². The summed E-state index contributed by atoms with van der Waals surface area (Å²) in [7, 11) is -3.97. The number of rotatable bonds is 3. The Balaban J connectivity index is 2.60. The lowest BCUT2D eigenvalue weighted by molar-refractivity contribution is 0.327. The van der Waals surface area contributed by atoms with Crippen molar-refractivity contribution in [1.29, 1.82) is 0 Å². The predicted molar refractivity (Wildman–Crippen MR) is 85.3 cm³/mol. The van der Waals surface area contributed by atoms with Gasteiger partial charge in [0.1, 0.15) is 4.90 Å². The van der Waals surface area contributed by atoms with Gasteiger partial charge in [-0.2, -0.15) is 4.31 Å². The highest BCUT2D eigenvalue weighted by Gasteiger charge is 2.41. The van der Waals surface area contributed by atoms with Gasteiger partial charge >= 0.3 is 0 Å². The zero-order valence-electron chi connectivity index (χ0n) is 11.7. The average molecular weight is 400 g/mol. The maximum Gasteiger partial charge on any atom is 0.246 e. The Morgan fingerprint density at radius 2 is 2.14 bits per heavy atom. The maximum absolute atomic E-state index is 14.3. The zero-order valence-corrected chi connectivity index (χ0v) is 14.9. The highest BCUT2D eigenvalue weighted by molar-refractivity contribution is 9.10. The van der Waals surface area contributed by atoms with Crippen LogP contribution in [0.25, 0.3) is 0 Å². The molecule has 1 heterocycles. The van der Waals surface area contributed by atoms with E-state index in [1.54, 1.807) is 0 Å². The highest BCUT2D eigenvalue weighted by atomic mass is 79.9. The van der Waals surface area contributed by atoms with Gasteiger partial charge in [-0.15, -0.1) is 0 Å². The van der Waals surface area contributed by atoms with Crippen molar-refractivity contribution in [2.24, 2.45) is 0 Å². The number of sulfonamides is 1. The molecule has 0 spiro atoms. The van der Waals surface area contributed by atoms with Crippen LogP contribution in [0, 0.1) is 5.82 Å². The molecule has 4 nitrogen and oxygen atoms in total. The van der Waals surface area contributed by atoms with E-state index in [2.05, 4.69) is 15.9 Å². The topological polar surface area (TPSA) is 63.4 Å². The van der Waals surface area contributed by atoms with Gasteiger partial charge in [0.05, 0.1) is 15.2 Å². The first kappa shape index (κ1) is 17.0. The number of nitrogens with zero attached hydrogens (tertiary/aromatic N) is 1. The van der Waals surface area contributed by atoms with E-state index in [1.807, 2.05) is 13.8 Å². The fourth-order valence-electron chi connectivity index (χ4n) is 2.77. The summed E-state index contributed by atoms with van der Waals surface area (Å²) in [6.07, 6.45) is 2.22. The van der Waals surface area contributed by atoms with Crippen molar-refractivity contribution in [2.45, 2.75) is 50.1 Å². The second-order valence-electron chi connectivity index (χ2n) is 5.22. The van der Waals surface area contributed by atoms with Crippen molar-refractivity contribution in [2.75, 3.05) is 5.73 Å². The highest BCUT2D eigenvalue weighted by Crippen LogP contribution is 2.38. The molecule has 21 heavy (non-hydrogen) atoms. The molecule has 1 fully saturated rings. The molecule has 1 aliphatic heterocycles. The molecular weight excluding hydrogens is 383 g/mol. The van der Waals surface area contributed by atoms with Gasteiger partial charge < -0.3 is 5.73 Å². The van der Waals surface area contributed by atoms with E-state index in [0.717, 1.165) is 18.9 Å².